The number of nitro groups is 1. The lowest BCUT2D eigenvalue weighted by atomic mass is 10.3. The summed E-state index contributed by atoms with van der Waals surface area (Å²) in [6.45, 7) is 6.22. The van der Waals surface area contributed by atoms with E-state index in [2.05, 4.69) is 4.98 Å². The lowest BCUT2D eigenvalue weighted by Crippen LogP contribution is -2.04. The summed E-state index contributed by atoms with van der Waals surface area (Å²) >= 11 is 0. The van der Waals surface area contributed by atoms with Crippen molar-refractivity contribution in [1.29, 1.82) is 0 Å². The number of hydrogen-bond donors (Lipinski definition) is 0. The molecule has 0 aromatic carbocycles. The van der Waals surface area contributed by atoms with Crippen LogP contribution in [0.1, 0.15) is 19.5 Å². The number of nitrogens with zero attached hydrogens (tertiary/aromatic N) is 3. The van der Waals surface area contributed by atoms with Gasteiger partial charge < -0.3 is 10.1 Å². The molecule has 0 spiro atoms. The Hall–Kier alpha value is -1.65. The van der Waals surface area contributed by atoms with Gasteiger partial charge >= 0.3 is 5.95 Å². The average Bonchev–Trinajstić information content (AvgIpc) is 2.43. The van der Waals surface area contributed by atoms with Crippen LogP contribution in [-0.2, 0) is 6.54 Å². The first-order valence-electron chi connectivity index (χ1n) is 4.32. The van der Waals surface area contributed by atoms with E-state index in [4.69, 9.17) is 0 Å². The van der Waals surface area contributed by atoms with E-state index in [1.54, 1.807) is 11.5 Å². The summed E-state index contributed by atoms with van der Waals surface area (Å²) in [5.74, 6) is -0.0972. The molecule has 0 aliphatic carbocycles. The standard InChI is InChI=1S/C9H13N3O2/c1-7(2)4-5-11-8(3)6-10-9(11)12(13)14/h4,6H,5H2,1-3H3. The smallest absolute Gasteiger partial charge is 0.390 e. The van der Waals surface area contributed by atoms with Crippen LogP contribution in [0.4, 0.5) is 5.95 Å². The molecule has 0 radical (unpaired) electrons. The van der Waals surface area contributed by atoms with Gasteiger partial charge in [0.25, 0.3) is 0 Å². The third kappa shape index (κ3) is 2.18. The zero-order chi connectivity index (χ0) is 10.7. The van der Waals surface area contributed by atoms with Gasteiger partial charge in [0.05, 0.1) is 6.54 Å². The fraction of sp³-hybridized carbons (Fsp3) is 0.444. The average molecular weight is 195 g/mol. The van der Waals surface area contributed by atoms with Gasteiger partial charge in [-0.2, -0.15) is 0 Å². The summed E-state index contributed by atoms with van der Waals surface area (Å²) in [7, 11) is 0. The maximum atomic E-state index is 10.6. The lowest BCUT2D eigenvalue weighted by molar-refractivity contribution is -0.396. The van der Waals surface area contributed by atoms with Crippen molar-refractivity contribution >= 4 is 5.95 Å². The molecule has 14 heavy (non-hydrogen) atoms. The maximum Gasteiger partial charge on any atom is 0.435 e. The van der Waals surface area contributed by atoms with Gasteiger partial charge in [0, 0.05) is 0 Å². The summed E-state index contributed by atoms with van der Waals surface area (Å²) in [5, 5.41) is 10.6. The predicted molar refractivity (Wildman–Crippen MR) is 53.0 cm³/mol. The van der Waals surface area contributed by atoms with Gasteiger partial charge in [-0.1, -0.05) is 16.6 Å². The Labute approximate surface area is 82.2 Å². The normalized spacial score (nSPS) is 9.93. The molecule has 0 atom stereocenters. The molecule has 1 aromatic heterocycles. The number of hydrogen-bond acceptors (Lipinski definition) is 3. The summed E-state index contributed by atoms with van der Waals surface area (Å²) in [6.07, 6.45) is 3.44. The molecule has 0 aliphatic heterocycles. The van der Waals surface area contributed by atoms with Crippen LogP contribution < -0.4 is 0 Å². The van der Waals surface area contributed by atoms with Crippen LogP contribution in [0, 0.1) is 17.0 Å². The fourth-order valence-corrected chi connectivity index (χ4v) is 1.09. The van der Waals surface area contributed by atoms with E-state index >= 15 is 0 Å². The maximum absolute atomic E-state index is 10.6. The van der Waals surface area contributed by atoms with Gasteiger partial charge in [0.15, 0.2) is 0 Å². The van der Waals surface area contributed by atoms with Crippen LogP contribution in [0.25, 0.3) is 0 Å². The Morgan fingerprint density at radius 3 is 2.86 bits per heavy atom. The van der Waals surface area contributed by atoms with Crippen LogP contribution in [0.3, 0.4) is 0 Å². The molecule has 0 N–H and O–H groups in total. The second-order valence-corrected chi connectivity index (χ2v) is 3.35. The molecular formula is C9H13N3O2. The zero-order valence-electron chi connectivity index (χ0n) is 8.52. The molecule has 1 aromatic rings. The molecular weight excluding hydrogens is 182 g/mol. The van der Waals surface area contributed by atoms with Crippen molar-refractivity contribution in [2.45, 2.75) is 27.3 Å². The van der Waals surface area contributed by atoms with Crippen LogP contribution in [0.5, 0.6) is 0 Å². The van der Waals surface area contributed by atoms with Crippen molar-refractivity contribution < 1.29 is 4.92 Å². The quantitative estimate of drug-likeness (QED) is 0.421. The van der Waals surface area contributed by atoms with E-state index in [-0.39, 0.29) is 5.95 Å². The van der Waals surface area contributed by atoms with Crippen molar-refractivity contribution in [3.8, 4) is 0 Å². The van der Waals surface area contributed by atoms with Crippen molar-refractivity contribution in [2.24, 2.45) is 0 Å². The second-order valence-electron chi connectivity index (χ2n) is 3.35. The number of allylic oxidation sites excluding steroid dienone is 2. The highest BCUT2D eigenvalue weighted by molar-refractivity contribution is 5.15. The zero-order valence-corrected chi connectivity index (χ0v) is 8.52. The van der Waals surface area contributed by atoms with Gasteiger partial charge in [0.1, 0.15) is 11.9 Å². The summed E-state index contributed by atoms with van der Waals surface area (Å²) in [6, 6.07) is 0. The Balaban J connectivity index is 3.00. The first kappa shape index (κ1) is 10.4. The van der Waals surface area contributed by atoms with Crippen LogP contribution in [-0.4, -0.2) is 14.5 Å². The highest BCUT2D eigenvalue weighted by Gasteiger charge is 2.16. The SMILES string of the molecule is CC(C)=CCn1c(C)cnc1[N+](=O)[O-]. The lowest BCUT2D eigenvalue weighted by Gasteiger charge is -2.00. The van der Waals surface area contributed by atoms with Gasteiger partial charge in [-0.3, -0.25) is 0 Å². The van der Waals surface area contributed by atoms with Crippen molar-refractivity contribution in [2.75, 3.05) is 0 Å². The van der Waals surface area contributed by atoms with E-state index in [0.29, 0.717) is 6.54 Å². The first-order valence-corrected chi connectivity index (χ1v) is 4.32. The largest absolute Gasteiger partial charge is 0.435 e. The second kappa shape index (κ2) is 4.04. The first-order chi connectivity index (χ1) is 6.52. The Morgan fingerprint density at radius 1 is 1.71 bits per heavy atom. The minimum atomic E-state index is -0.466. The van der Waals surface area contributed by atoms with Gasteiger partial charge in [-0.25, -0.2) is 4.57 Å². The third-order valence-electron chi connectivity index (χ3n) is 1.88. The van der Waals surface area contributed by atoms with Gasteiger partial charge in [-0.15, -0.1) is 0 Å². The van der Waals surface area contributed by atoms with Crippen molar-refractivity contribution in [3.05, 3.63) is 33.7 Å². The fourth-order valence-electron chi connectivity index (χ4n) is 1.09. The third-order valence-corrected chi connectivity index (χ3v) is 1.88. The van der Waals surface area contributed by atoms with Crippen molar-refractivity contribution in [1.82, 2.24) is 9.55 Å². The molecule has 1 rings (SSSR count). The molecule has 0 fully saturated rings. The molecule has 0 unspecified atom stereocenters. The van der Waals surface area contributed by atoms with E-state index < -0.39 is 4.92 Å². The van der Waals surface area contributed by atoms with E-state index in [0.717, 1.165) is 11.3 Å². The number of aromatic nitrogens is 2. The van der Waals surface area contributed by atoms with Crippen LogP contribution >= 0.6 is 0 Å². The van der Waals surface area contributed by atoms with E-state index in [9.17, 15) is 10.1 Å². The summed E-state index contributed by atoms with van der Waals surface area (Å²) in [5.41, 5.74) is 1.93. The number of aryl methyl sites for hydroxylation is 1. The van der Waals surface area contributed by atoms with Gasteiger partial charge in [0.2, 0.25) is 0 Å². The molecule has 5 heteroatoms. The molecule has 1 heterocycles. The van der Waals surface area contributed by atoms with E-state index in [1.165, 1.54) is 6.20 Å². The summed E-state index contributed by atoms with van der Waals surface area (Å²) in [4.78, 5) is 13.8. The number of rotatable bonds is 3. The monoisotopic (exact) mass is 195 g/mol. The predicted octanol–water partition coefficient (Wildman–Crippen LogP) is 2.07. The molecule has 5 nitrogen and oxygen atoms in total. The number of imidazole rings is 1. The topological polar surface area (TPSA) is 61.0 Å². The van der Waals surface area contributed by atoms with E-state index in [1.807, 2.05) is 19.9 Å². The van der Waals surface area contributed by atoms with Crippen molar-refractivity contribution in [3.63, 3.8) is 0 Å². The van der Waals surface area contributed by atoms with Crippen LogP contribution in [0.15, 0.2) is 17.8 Å². The molecule has 76 valence electrons. The molecule has 0 aliphatic rings. The highest BCUT2D eigenvalue weighted by atomic mass is 16.6. The Bertz CT molecular complexity index is 375. The minimum absolute atomic E-state index is 0.0972. The molecule has 0 amide bonds. The molecule has 0 bridgehead atoms. The summed E-state index contributed by atoms with van der Waals surface area (Å²) < 4.78 is 1.58. The highest BCUT2D eigenvalue weighted by Crippen LogP contribution is 2.12. The minimum Gasteiger partial charge on any atom is -0.390 e. The Morgan fingerprint density at radius 2 is 2.36 bits per heavy atom. The van der Waals surface area contributed by atoms with Gasteiger partial charge in [-0.05, 0) is 25.7 Å². The molecule has 0 saturated heterocycles. The van der Waals surface area contributed by atoms with Crippen LogP contribution in [0.2, 0.25) is 0 Å². The Kier molecular flexibility index (Phi) is 3.01. The molecule has 0 saturated carbocycles.